The van der Waals surface area contributed by atoms with Gasteiger partial charge in [-0.25, -0.2) is 9.97 Å². The number of nitrogens with zero attached hydrogens (tertiary/aromatic N) is 5. The van der Waals surface area contributed by atoms with Gasteiger partial charge in [0, 0.05) is 59.4 Å². The Morgan fingerprint density at radius 2 is 1.59 bits per heavy atom. The predicted octanol–water partition coefficient (Wildman–Crippen LogP) is 5.29. The van der Waals surface area contributed by atoms with Crippen molar-refractivity contribution in [2.75, 3.05) is 36.0 Å². The number of nitro benzene ring substituents is 1. The van der Waals surface area contributed by atoms with Crippen molar-refractivity contribution >= 4 is 44.2 Å². The lowest BCUT2D eigenvalue weighted by Gasteiger charge is -2.36. The van der Waals surface area contributed by atoms with E-state index in [0.29, 0.717) is 5.95 Å². The monoisotopic (exact) mass is 489 g/mol. The van der Waals surface area contributed by atoms with Crippen molar-refractivity contribution in [3.8, 4) is 11.3 Å². The number of piperazine rings is 1. The normalized spacial score (nSPS) is 14.0. The first-order chi connectivity index (χ1) is 15.6. The van der Waals surface area contributed by atoms with Gasteiger partial charge in [-0.15, -0.1) is 0 Å². The topological polar surface area (TPSA) is 75.4 Å². The summed E-state index contributed by atoms with van der Waals surface area (Å²) in [5.41, 5.74) is 3.84. The molecule has 160 valence electrons. The average molecular weight is 490 g/mol. The lowest BCUT2D eigenvalue weighted by Crippen LogP contribution is -2.47. The lowest BCUT2D eigenvalue weighted by atomic mass is 10.1. The zero-order valence-corrected chi connectivity index (χ0v) is 18.8. The maximum Gasteiger partial charge on any atom is 0.271 e. The summed E-state index contributed by atoms with van der Waals surface area (Å²) < 4.78 is 0.990. The molecule has 1 saturated heterocycles. The molecule has 0 spiro atoms. The first kappa shape index (κ1) is 20.4. The molecule has 1 aliphatic heterocycles. The molecule has 1 aromatic heterocycles. The molecule has 0 radical (unpaired) electrons. The highest BCUT2D eigenvalue weighted by Gasteiger charge is 2.22. The van der Waals surface area contributed by atoms with Crippen LogP contribution in [-0.2, 0) is 0 Å². The van der Waals surface area contributed by atoms with E-state index < -0.39 is 0 Å². The number of halogens is 1. The summed E-state index contributed by atoms with van der Waals surface area (Å²) in [5.74, 6) is 0.706. The van der Waals surface area contributed by atoms with Crippen molar-refractivity contribution in [2.45, 2.75) is 0 Å². The molecule has 4 aromatic rings. The molecule has 0 saturated carbocycles. The summed E-state index contributed by atoms with van der Waals surface area (Å²) in [6, 6.07) is 23.0. The van der Waals surface area contributed by atoms with Crippen molar-refractivity contribution in [3.63, 3.8) is 0 Å². The molecule has 1 aliphatic rings. The zero-order chi connectivity index (χ0) is 22.1. The van der Waals surface area contributed by atoms with Crippen LogP contribution in [0.2, 0.25) is 0 Å². The van der Waals surface area contributed by atoms with Gasteiger partial charge in [-0.3, -0.25) is 10.1 Å². The maximum absolute atomic E-state index is 11.1. The van der Waals surface area contributed by atoms with Crippen LogP contribution in [0.3, 0.4) is 0 Å². The second-order valence-electron chi connectivity index (χ2n) is 7.65. The minimum atomic E-state index is -0.355. The Balaban J connectivity index is 1.44. The Labute approximate surface area is 193 Å². The highest BCUT2D eigenvalue weighted by atomic mass is 79.9. The van der Waals surface area contributed by atoms with Crippen LogP contribution < -0.4 is 9.80 Å². The van der Waals surface area contributed by atoms with Crippen LogP contribution in [0, 0.1) is 10.1 Å². The van der Waals surface area contributed by atoms with Crippen LogP contribution in [0.5, 0.6) is 0 Å². The van der Waals surface area contributed by atoms with Gasteiger partial charge in [0.05, 0.1) is 16.1 Å². The molecule has 1 fully saturated rings. The summed E-state index contributed by atoms with van der Waals surface area (Å²) >= 11 is 3.56. The highest BCUT2D eigenvalue weighted by molar-refractivity contribution is 9.10. The molecule has 8 heteroatoms. The van der Waals surface area contributed by atoms with Crippen molar-refractivity contribution in [1.82, 2.24) is 9.97 Å². The molecule has 0 unspecified atom stereocenters. The number of benzene rings is 3. The number of fused-ring (bicyclic) bond motifs is 1. The van der Waals surface area contributed by atoms with E-state index in [1.54, 1.807) is 12.1 Å². The van der Waals surface area contributed by atoms with Crippen LogP contribution in [-0.4, -0.2) is 41.1 Å². The number of aromatic nitrogens is 2. The Hall–Kier alpha value is -3.52. The molecule has 0 aliphatic carbocycles. The largest absolute Gasteiger partial charge is 0.368 e. The Morgan fingerprint density at radius 1 is 0.844 bits per heavy atom. The molecule has 7 nitrogen and oxygen atoms in total. The van der Waals surface area contributed by atoms with Gasteiger partial charge in [-0.05, 0) is 24.3 Å². The number of hydrogen-bond donors (Lipinski definition) is 0. The fourth-order valence-electron chi connectivity index (χ4n) is 4.01. The van der Waals surface area contributed by atoms with Gasteiger partial charge in [-0.1, -0.05) is 52.3 Å². The van der Waals surface area contributed by atoms with Crippen LogP contribution >= 0.6 is 15.9 Å². The zero-order valence-electron chi connectivity index (χ0n) is 17.2. The molecule has 32 heavy (non-hydrogen) atoms. The summed E-state index contributed by atoms with van der Waals surface area (Å²) in [6.07, 6.45) is 0. The van der Waals surface area contributed by atoms with Gasteiger partial charge >= 0.3 is 0 Å². The van der Waals surface area contributed by atoms with Crippen molar-refractivity contribution < 1.29 is 4.92 Å². The van der Waals surface area contributed by atoms with E-state index in [9.17, 15) is 10.1 Å². The van der Waals surface area contributed by atoms with Gasteiger partial charge in [0.25, 0.3) is 5.69 Å². The molecule has 2 heterocycles. The van der Waals surface area contributed by atoms with E-state index in [4.69, 9.17) is 9.97 Å². The number of non-ortho nitro benzene ring substituents is 1. The second kappa shape index (κ2) is 8.55. The fourth-order valence-corrected chi connectivity index (χ4v) is 4.37. The first-order valence-corrected chi connectivity index (χ1v) is 11.1. The van der Waals surface area contributed by atoms with Crippen molar-refractivity contribution in [3.05, 3.63) is 87.4 Å². The van der Waals surface area contributed by atoms with E-state index in [1.807, 2.05) is 36.4 Å². The van der Waals surface area contributed by atoms with Gasteiger partial charge in [0.2, 0.25) is 5.95 Å². The summed E-state index contributed by atoms with van der Waals surface area (Å²) in [6.45, 7) is 2.95. The van der Waals surface area contributed by atoms with E-state index in [2.05, 4.69) is 43.9 Å². The fraction of sp³-hybridized carbons (Fsp3) is 0.167. The van der Waals surface area contributed by atoms with Crippen molar-refractivity contribution in [2.24, 2.45) is 0 Å². The summed E-state index contributed by atoms with van der Waals surface area (Å²) in [4.78, 5) is 24.9. The molecule has 0 atom stereocenters. The van der Waals surface area contributed by atoms with Crippen LogP contribution in [0.1, 0.15) is 0 Å². The van der Waals surface area contributed by atoms with Gasteiger partial charge in [0.15, 0.2) is 0 Å². The third-order valence-electron chi connectivity index (χ3n) is 5.66. The van der Waals surface area contributed by atoms with E-state index in [1.165, 1.54) is 6.07 Å². The molecule has 0 N–H and O–H groups in total. The number of hydrogen-bond acceptors (Lipinski definition) is 6. The molecule has 5 rings (SSSR count). The van der Waals surface area contributed by atoms with E-state index in [-0.39, 0.29) is 10.6 Å². The average Bonchev–Trinajstić information content (AvgIpc) is 2.84. The maximum atomic E-state index is 11.1. The smallest absolute Gasteiger partial charge is 0.271 e. The summed E-state index contributed by atoms with van der Waals surface area (Å²) in [5, 5.41) is 12.1. The third-order valence-corrected chi connectivity index (χ3v) is 6.15. The number of rotatable bonds is 4. The van der Waals surface area contributed by atoms with Gasteiger partial charge < -0.3 is 9.80 Å². The Morgan fingerprint density at radius 3 is 2.34 bits per heavy atom. The number of nitro groups is 1. The Kier molecular flexibility index (Phi) is 5.45. The van der Waals surface area contributed by atoms with Crippen LogP contribution in [0.4, 0.5) is 17.3 Å². The minimum absolute atomic E-state index is 0.112. The SMILES string of the molecule is O=[N+]([O-])c1cccc(N2CCN(c3nc(-c4ccccc4)c4cc(Br)ccc4n3)CC2)c1. The van der Waals surface area contributed by atoms with Crippen LogP contribution in [0.15, 0.2) is 77.3 Å². The van der Waals surface area contributed by atoms with E-state index >= 15 is 0 Å². The lowest BCUT2D eigenvalue weighted by molar-refractivity contribution is -0.384. The second-order valence-corrected chi connectivity index (χ2v) is 8.57. The molecule has 3 aromatic carbocycles. The quantitative estimate of drug-likeness (QED) is 0.286. The number of anilines is 2. The minimum Gasteiger partial charge on any atom is -0.368 e. The van der Waals surface area contributed by atoms with E-state index in [0.717, 1.165) is 58.5 Å². The molecule has 0 amide bonds. The third kappa shape index (κ3) is 4.01. The van der Waals surface area contributed by atoms with Crippen LogP contribution in [0.25, 0.3) is 22.2 Å². The first-order valence-electron chi connectivity index (χ1n) is 10.4. The Bertz CT molecular complexity index is 1290. The van der Waals surface area contributed by atoms with Gasteiger partial charge in [0.1, 0.15) is 0 Å². The molecular weight excluding hydrogens is 470 g/mol. The summed E-state index contributed by atoms with van der Waals surface area (Å²) in [7, 11) is 0. The van der Waals surface area contributed by atoms with Gasteiger partial charge in [-0.2, -0.15) is 0 Å². The van der Waals surface area contributed by atoms with Crippen molar-refractivity contribution in [1.29, 1.82) is 0 Å². The molecular formula is C24H20BrN5O2. The molecule has 0 bridgehead atoms. The predicted molar refractivity (Wildman–Crippen MR) is 130 cm³/mol. The standard InChI is InChI=1S/C24H20BrN5O2/c25-18-9-10-22-21(15-18)23(17-5-2-1-3-6-17)27-24(26-22)29-13-11-28(12-14-29)19-7-4-8-20(16-19)30(31)32/h1-10,15-16H,11-14H2. The highest BCUT2D eigenvalue weighted by Crippen LogP contribution is 2.31.